The van der Waals surface area contributed by atoms with Crippen molar-refractivity contribution < 1.29 is 0 Å². The van der Waals surface area contributed by atoms with Gasteiger partial charge in [0.2, 0.25) is 0 Å². The lowest BCUT2D eigenvalue weighted by atomic mass is 9.86. The Morgan fingerprint density at radius 3 is 1.27 bits per heavy atom. The maximum atomic E-state index is 2.32. The van der Waals surface area contributed by atoms with Crippen LogP contribution in [0.15, 0.2) is 48.5 Å². The molecule has 2 aromatic carbocycles. The quantitative estimate of drug-likeness (QED) is 0.569. The molecule has 2 rings (SSSR count). The second kappa shape index (κ2) is 12.0. The highest BCUT2D eigenvalue weighted by Gasteiger charge is 2.13. The van der Waals surface area contributed by atoms with Gasteiger partial charge in [-0.2, -0.15) is 0 Å². The van der Waals surface area contributed by atoms with Crippen LogP contribution in [0, 0.1) is 0 Å². The summed E-state index contributed by atoms with van der Waals surface area (Å²) >= 11 is 0. The van der Waals surface area contributed by atoms with E-state index in [0.29, 0.717) is 5.92 Å². The number of benzene rings is 2. The Kier molecular flexibility index (Phi) is 11.2. The standard InChI is InChI=1S/C18H22.2C2H6/c1-4-15-10-6-8-12-17(15)14(3)18-13-9-7-11-16(18)5-2;2*1-2/h6-14H,4-5H2,1-3H3;2*1-2H3. The van der Waals surface area contributed by atoms with Crippen molar-refractivity contribution in [2.24, 2.45) is 0 Å². The molecule has 122 valence electrons. The molecule has 2 aromatic rings. The van der Waals surface area contributed by atoms with Gasteiger partial charge < -0.3 is 0 Å². The number of hydrogen-bond donors (Lipinski definition) is 0. The fourth-order valence-electron chi connectivity index (χ4n) is 2.72. The number of aryl methyl sites for hydroxylation is 2. The highest BCUT2D eigenvalue weighted by Crippen LogP contribution is 2.29. The molecule has 0 bridgehead atoms. The Morgan fingerprint density at radius 2 is 0.955 bits per heavy atom. The second-order valence-electron chi connectivity index (χ2n) is 4.83. The molecule has 0 aliphatic carbocycles. The van der Waals surface area contributed by atoms with Crippen LogP contribution >= 0.6 is 0 Å². The van der Waals surface area contributed by atoms with Gasteiger partial charge in [0.05, 0.1) is 0 Å². The molecule has 0 saturated carbocycles. The third kappa shape index (κ3) is 5.33. The first-order chi connectivity index (χ1) is 10.8. The Morgan fingerprint density at radius 1 is 0.636 bits per heavy atom. The molecule has 0 atom stereocenters. The lowest BCUT2D eigenvalue weighted by Gasteiger charge is -2.19. The second-order valence-corrected chi connectivity index (χ2v) is 4.83. The molecular weight excluding hydrogens is 264 g/mol. The van der Waals surface area contributed by atoms with Crippen molar-refractivity contribution in [1.82, 2.24) is 0 Å². The SMILES string of the molecule is CC.CC.CCc1ccccc1C(C)c1ccccc1CC. The zero-order valence-electron chi connectivity index (χ0n) is 15.6. The van der Waals surface area contributed by atoms with Crippen LogP contribution in [0.4, 0.5) is 0 Å². The first-order valence-electron chi connectivity index (χ1n) is 8.93. The minimum absolute atomic E-state index is 0.484. The molecular formula is C22H34. The first kappa shape index (κ1) is 20.4. The predicted molar refractivity (Wildman–Crippen MR) is 102 cm³/mol. The molecule has 0 aliphatic rings. The van der Waals surface area contributed by atoms with Crippen LogP contribution in [0.25, 0.3) is 0 Å². The van der Waals surface area contributed by atoms with E-state index >= 15 is 0 Å². The summed E-state index contributed by atoms with van der Waals surface area (Å²) in [6, 6.07) is 17.6. The summed E-state index contributed by atoms with van der Waals surface area (Å²) in [6.07, 6.45) is 2.21. The predicted octanol–water partition coefficient (Wildman–Crippen LogP) is 7.02. The van der Waals surface area contributed by atoms with Crippen LogP contribution in [0.2, 0.25) is 0 Å². The van der Waals surface area contributed by atoms with E-state index in [0.717, 1.165) is 12.8 Å². The van der Waals surface area contributed by atoms with Crippen molar-refractivity contribution in [2.75, 3.05) is 0 Å². The molecule has 0 heterocycles. The molecule has 0 nitrogen and oxygen atoms in total. The fraction of sp³-hybridized carbons (Fsp3) is 0.455. The third-order valence-corrected chi connectivity index (χ3v) is 3.81. The Bertz CT molecular complexity index is 463. The van der Waals surface area contributed by atoms with Crippen LogP contribution in [0.1, 0.15) is 76.6 Å². The molecule has 0 N–H and O–H groups in total. The van der Waals surface area contributed by atoms with Gasteiger partial charge in [-0.05, 0) is 35.1 Å². The van der Waals surface area contributed by atoms with Gasteiger partial charge >= 0.3 is 0 Å². The summed E-state index contributed by atoms with van der Waals surface area (Å²) in [5.41, 5.74) is 5.88. The van der Waals surface area contributed by atoms with Gasteiger partial charge in [0.25, 0.3) is 0 Å². The Labute approximate surface area is 138 Å². The molecule has 0 heteroatoms. The van der Waals surface area contributed by atoms with Gasteiger partial charge in [0.15, 0.2) is 0 Å². The number of rotatable bonds is 4. The van der Waals surface area contributed by atoms with Crippen LogP contribution < -0.4 is 0 Å². The van der Waals surface area contributed by atoms with Crippen LogP contribution in [-0.4, -0.2) is 0 Å². The Hall–Kier alpha value is -1.56. The molecule has 0 spiro atoms. The van der Waals surface area contributed by atoms with E-state index in [2.05, 4.69) is 69.3 Å². The summed E-state index contributed by atoms with van der Waals surface area (Å²) in [5.74, 6) is 0.484. The third-order valence-electron chi connectivity index (χ3n) is 3.81. The highest BCUT2D eigenvalue weighted by atomic mass is 14.2. The van der Waals surface area contributed by atoms with Crippen LogP contribution in [-0.2, 0) is 12.8 Å². The smallest absolute Gasteiger partial charge is 0.00664 e. The van der Waals surface area contributed by atoms with Crippen LogP contribution in [0.3, 0.4) is 0 Å². The van der Waals surface area contributed by atoms with E-state index in [1.807, 2.05) is 27.7 Å². The van der Waals surface area contributed by atoms with Gasteiger partial charge in [-0.1, -0.05) is 97.0 Å². The van der Waals surface area contributed by atoms with E-state index in [9.17, 15) is 0 Å². The first-order valence-corrected chi connectivity index (χ1v) is 8.93. The van der Waals surface area contributed by atoms with Gasteiger partial charge in [0, 0.05) is 5.92 Å². The maximum Gasteiger partial charge on any atom is 0.00664 e. The van der Waals surface area contributed by atoms with Gasteiger partial charge in [-0.25, -0.2) is 0 Å². The summed E-state index contributed by atoms with van der Waals surface area (Å²) in [7, 11) is 0. The fourth-order valence-corrected chi connectivity index (χ4v) is 2.72. The zero-order chi connectivity index (χ0) is 17.0. The van der Waals surface area contributed by atoms with E-state index in [1.54, 1.807) is 0 Å². The minimum atomic E-state index is 0.484. The Balaban J connectivity index is 0.00000102. The molecule has 0 unspecified atom stereocenters. The van der Waals surface area contributed by atoms with Crippen molar-refractivity contribution in [3.8, 4) is 0 Å². The average Bonchev–Trinajstić information content (AvgIpc) is 2.64. The topological polar surface area (TPSA) is 0 Å². The van der Waals surface area contributed by atoms with E-state index in [4.69, 9.17) is 0 Å². The molecule has 0 fully saturated rings. The largest absolute Gasteiger partial charge is 0.0683 e. The van der Waals surface area contributed by atoms with Gasteiger partial charge in [-0.15, -0.1) is 0 Å². The molecule has 0 radical (unpaired) electrons. The van der Waals surface area contributed by atoms with Gasteiger partial charge in [0.1, 0.15) is 0 Å². The van der Waals surface area contributed by atoms with Crippen molar-refractivity contribution in [2.45, 2.75) is 67.2 Å². The van der Waals surface area contributed by atoms with E-state index < -0.39 is 0 Å². The van der Waals surface area contributed by atoms with Crippen molar-refractivity contribution in [1.29, 1.82) is 0 Å². The zero-order valence-corrected chi connectivity index (χ0v) is 15.6. The molecule has 0 amide bonds. The van der Waals surface area contributed by atoms with Gasteiger partial charge in [-0.3, -0.25) is 0 Å². The monoisotopic (exact) mass is 298 g/mol. The average molecular weight is 299 g/mol. The molecule has 22 heavy (non-hydrogen) atoms. The summed E-state index contributed by atoms with van der Waals surface area (Å²) in [4.78, 5) is 0. The maximum absolute atomic E-state index is 2.32. The summed E-state index contributed by atoms with van der Waals surface area (Å²) in [6.45, 7) is 14.8. The molecule has 0 aliphatic heterocycles. The minimum Gasteiger partial charge on any atom is -0.0683 e. The lowest BCUT2D eigenvalue weighted by molar-refractivity contribution is 0.871. The van der Waals surface area contributed by atoms with Crippen molar-refractivity contribution in [3.05, 3.63) is 70.8 Å². The van der Waals surface area contributed by atoms with Crippen molar-refractivity contribution in [3.63, 3.8) is 0 Å². The lowest BCUT2D eigenvalue weighted by Crippen LogP contribution is -2.03. The van der Waals surface area contributed by atoms with Crippen molar-refractivity contribution >= 4 is 0 Å². The molecule has 0 saturated heterocycles. The van der Waals surface area contributed by atoms with E-state index in [1.165, 1.54) is 22.3 Å². The van der Waals surface area contributed by atoms with Crippen LogP contribution in [0.5, 0.6) is 0 Å². The highest BCUT2D eigenvalue weighted by molar-refractivity contribution is 5.41. The summed E-state index contributed by atoms with van der Waals surface area (Å²) in [5, 5.41) is 0. The normalized spacial score (nSPS) is 9.45. The summed E-state index contributed by atoms with van der Waals surface area (Å²) < 4.78 is 0. The molecule has 0 aromatic heterocycles. The van der Waals surface area contributed by atoms with E-state index in [-0.39, 0.29) is 0 Å². The number of hydrogen-bond acceptors (Lipinski definition) is 0.